The number of fused-ring (bicyclic) bond motifs is 5. The molecule has 1 saturated heterocycles. The lowest BCUT2D eigenvalue weighted by Crippen LogP contribution is -2.46. The second-order valence-electron chi connectivity index (χ2n) is 9.42. The zero-order valence-corrected chi connectivity index (χ0v) is 21.1. The number of amides is 1. The summed E-state index contributed by atoms with van der Waals surface area (Å²) in [5.74, 6) is 2.35. The van der Waals surface area contributed by atoms with Crippen LogP contribution in [0.1, 0.15) is 45.6 Å². The SMILES string of the molecule is Cl.Cl.O=C(c1ccc2n(c1=O)C[C@@H]1CNC[C@H]2C1)N1CCc2nc(Cc3ccccc3)nn2CC1. The van der Waals surface area contributed by atoms with Crippen LogP contribution in [0.15, 0.2) is 47.3 Å². The van der Waals surface area contributed by atoms with Crippen molar-refractivity contribution >= 4 is 30.7 Å². The summed E-state index contributed by atoms with van der Waals surface area (Å²) in [6, 6.07) is 13.9. The molecule has 0 aliphatic carbocycles. The lowest BCUT2D eigenvalue weighted by atomic mass is 9.84. The number of hydrogen-bond acceptors (Lipinski definition) is 5. The van der Waals surface area contributed by atoms with Crippen LogP contribution in [0.25, 0.3) is 0 Å². The van der Waals surface area contributed by atoms with E-state index in [0.717, 1.165) is 36.9 Å². The molecule has 0 unspecified atom stereocenters. The van der Waals surface area contributed by atoms with Crippen molar-refractivity contribution in [3.05, 3.63) is 81.3 Å². The van der Waals surface area contributed by atoms with E-state index in [0.29, 0.717) is 50.9 Å². The lowest BCUT2D eigenvalue weighted by molar-refractivity contribution is 0.0755. The Morgan fingerprint density at radius 3 is 2.69 bits per heavy atom. The Bertz CT molecular complexity index is 1230. The summed E-state index contributed by atoms with van der Waals surface area (Å²) in [6.45, 7) is 4.19. The van der Waals surface area contributed by atoms with Gasteiger partial charge in [-0.1, -0.05) is 30.3 Å². The third kappa shape index (κ3) is 4.87. The van der Waals surface area contributed by atoms with Crippen molar-refractivity contribution in [3.8, 4) is 0 Å². The van der Waals surface area contributed by atoms with Crippen LogP contribution in [0.2, 0.25) is 0 Å². The van der Waals surface area contributed by atoms with Crippen LogP contribution in [-0.4, -0.2) is 56.3 Å². The van der Waals surface area contributed by atoms with Gasteiger partial charge in [0, 0.05) is 50.6 Å². The van der Waals surface area contributed by atoms with E-state index in [1.165, 1.54) is 5.56 Å². The van der Waals surface area contributed by atoms with Crippen LogP contribution >= 0.6 is 24.8 Å². The monoisotopic (exact) mass is 516 g/mol. The molecule has 186 valence electrons. The fourth-order valence-corrected chi connectivity index (χ4v) is 5.53. The van der Waals surface area contributed by atoms with Gasteiger partial charge in [-0.05, 0) is 36.6 Å². The van der Waals surface area contributed by atoms with E-state index < -0.39 is 0 Å². The topological polar surface area (TPSA) is 85.1 Å². The predicted molar refractivity (Wildman–Crippen MR) is 138 cm³/mol. The summed E-state index contributed by atoms with van der Waals surface area (Å²) < 4.78 is 3.77. The quantitative estimate of drug-likeness (QED) is 0.577. The first-order chi connectivity index (χ1) is 16.2. The molecule has 3 aliphatic heterocycles. The van der Waals surface area contributed by atoms with E-state index in [4.69, 9.17) is 4.98 Å². The molecule has 2 atom stereocenters. The Kier molecular flexibility index (Phi) is 7.64. The fraction of sp³-hybridized carbons (Fsp3) is 0.440. The Morgan fingerprint density at radius 2 is 1.86 bits per heavy atom. The van der Waals surface area contributed by atoms with Crippen LogP contribution in [0.5, 0.6) is 0 Å². The van der Waals surface area contributed by atoms with Gasteiger partial charge in [-0.2, -0.15) is 5.10 Å². The number of piperidine rings is 1. The van der Waals surface area contributed by atoms with Gasteiger partial charge in [0.1, 0.15) is 11.4 Å². The van der Waals surface area contributed by atoms with E-state index >= 15 is 0 Å². The standard InChI is InChI=1S/C25H28N6O2.2ClH/c32-24(20-6-7-21-19-12-18(14-26-15-19)16-30(21)25(20)33)29-9-8-23-27-22(28-31(23)11-10-29)13-17-4-2-1-3-5-17;;/h1-7,18-19,26H,8-16H2;2*1H/t18-,19+;;/m0../s1. The molecule has 1 amide bonds. The molecule has 1 aromatic carbocycles. The summed E-state index contributed by atoms with van der Waals surface area (Å²) in [7, 11) is 0. The zero-order valence-electron chi connectivity index (χ0n) is 19.4. The van der Waals surface area contributed by atoms with Gasteiger partial charge in [-0.3, -0.25) is 9.59 Å². The molecule has 3 aliphatic rings. The van der Waals surface area contributed by atoms with Crippen molar-refractivity contribution in [2.75, 3.05) is 26.2 Å². The summed E-state index contributed by atoms with van der Waals surface area (Å²) in [6.07, 6.45) is 2.46. The normalized spacial score (nSPS) is 20.5. The smallest absolute Gasteiger partial charge is 0.263 e. The highest BCUT2D eigenvalue weighted by Crippen LogP contribution is 2.31. The number of hydrogen-bond donors (Lipinski definition) is 1. The molecule has 1 fully saturated rings. The zero-order chi connectivity index (χ0) is 22.4. The molecule has 10 heteroatoms. The van der Waals surface area contributed by atoms with Crippen LogP contribution in [0, 0.1) is 5.92 Å². The van der Waals surface area contributed by atoms with Crippen LogP contribution in [0.3, 0.4) is 0 Å². The first-order valence-electron chi connectivity index (χ1n) is 11.9. The number of nitrogens with one attached hydrogen (secondary N) is 1. The predicted octanol–water partition coefficient (Wildman–Crippen LogP) is 2.28. The molecule has 8 nitrogen and oxygen atoms in total. The summed E-state index contributed by atoms with van der Waals surface area (Å²) in [4.78, 5) is 33.1. The van der Waals surface area contributed by atoms with Gasteiger partial charge >= 0.3 is 0 Å². The molecule has 0 spiro atoms. The molecule has 5 heterocycles. The third-order valence-corrected chi connectivity index (χ3v) is 7.21. The van der Waals surface area contributed by atoms with Gasteiger partial charge in [0.05, 0.1) is 6.54 Å². The van der Waals surface area contributed by atoms with E-state index in [1.807, 2.05) is 33.5 Å². The maximum atomic E-state index is 13.3. The Morgan fingerprint density at radius 1 is 1.03 bits per heavy atom. The molecule has 2 aromatic heterocycles. The molecule has 0 radical (unpaired) electrons. The average Bonchev–Trinajstić information content (AvgIpc) is 3.10. The molecular formula is C25H30Cl2N6O2. The summed E-state index contributed by atoms with van der Waals surface area (Å²) in [5, 5.41) is 8.14. The van der Waals surface area contributed by atoms with Gasteiger partial charge in [-0.15, -0.1) is 24.8 Å². The Hall–Kier alpha value is -2.68. The number of carbonyl (C=O) groups excluding carboxylic acids is 1. The second-order valence-corrected chi connectivity index (χ2v) is 9.42. The molecule has 35 heavy (non-hydrogen) atoms. The molecular weight excluding hydrogens is 487 g/mol. The van der Waals surface area contributed by atoms with Gasteiger partial charge in [0.2, 0.25) is 0 Å². The van der Waals surface area contributed by atoms with Crippen LogP contribution in [-0.2, 0) is 25.9 Å². The van der Waals surface area contributed by atoms with Crippen molar-refractivity contribution < 1.29 is 4.79 Å². The van der Waals surface area contributed by atoms with Gasteiger partial charge in [-0.25, -0.2) is 9.67 Å². The molecule has 0 saturated carbocycles. The molecule has 1 N–H and O–H groups in total. The highest BCUT2D eigenvalue weighted by molar-refractivity contribution is 5.94. The number of halogens is 2. The van der Waals surface area contributed by atoms with Gasteiger partial charge in [0.15, 0.2) is 5.82 Å². The summed E-state index contributed by atoms with van der Waals surface area (Å²) in [5.41, 5.74) is 2.39. The van der Waals surface area contributed by atoms with Crippen molar-refractivity contribution in [2.45, 2.75) is 38.3 Å². The minimum Gasteiger partial charge on any atom is -0.336 e. The maximum Gasteiger partial charge on any atom is 0.263 e. The van der Waals surface area contributed by atoms with E-state index in [-0.39, 0.29) is 41.8 Å². The van der Waals surface area contributed by atoms with E-state index in [9.17, 15) is 9.59 Å². The minimum absolute atomic E-state index is 0. The van der Waals surface area contributed by atoms with Crippen molar-refractivity contribution in [2.24, 2.45) is 5.92 Å². The van der Waals surface area contributed by atoms with E-state index in [2.05, 4.69) is 22.5 Å². The number of aromatic nitrogens is 4. The van der Waals surface area contributed by atoms with Gasteiger partial charge < -0.3 is 14.8 Å². The first-order valence-corrected chi connectivity index (χ1v) is 11.9. The molecule has 3 aromatic rings. The minimum atomic E-state index is -0.181. The average molecular weight is 517 g/mol. The van der Waals surface area contributed by atoms with Crippen molar-refractivity contribution in [3.63, 3.8) is 0 Å². The number of nitrogens with zero attached hydrogens (tertiary/aromatic N) is 5. The first kappa shape index (κ1) is 25.4. The number of benzene rings is 1. The maximum absolute atomic E-state index is 13.3. The summed E-state index contributed by atoms with van der Waals surface area (Å²) >= 11 is 0. The fourth-order valence-electron chi connectivity index (χ4n) is 5.53. The second kappa shape index (κ2) is 10.5. The van der Waals surface area contributed by atoms with Gasteiger partial charge in [0.25, 0.3) is 11.5 Å². The van der Waals surface area contributed by atoms with Crippen molar-refractivity contribution in [1.82, 2.24) is 29.5 Å². The number of rotatable bonds is 3. The molecule has 2 bridgehead atoms. The Labute approximate surface area is 216 Å². The highest BCUT2D eigenvalue weighted by atomic mass is 35.5. The number of carbonyl (C=O) groups is 1. The third-order valence-electron chi connectivity index (χ3n) is 7.21. The van der Waals surface area contributed by atoms with Crippen molar-refractivity contribution in [1.29, 1.82) is 0 Å². The Balaban J connectivity index is 0.00000144. The van der Waals surface area contributed by atoms with Crippen LogP contribution in [0.4, 0.5) is 0 Å². The molecule has 6 rings (SSSR count). The largest absolute Gasteiger partial charge is 0.336 e. The van der Waals surface area contributed by atoms with E-state index in [1.54, 1.807) is 11.0 Å². The van der Waals surface area contributed by atoms with Crippen LogP contribution < -0.4 is 10.9 Å². The highest BCUT2D eigenvalue weighted by Gasteiger charge is 2.32. The number of pyridine rings is 1. The lowest BCUT2D eigenvalue weighted by Gasteiger charge is -2.37.